The second-order valence-corrected chi connectivity index (χ2v) is 4.86. The van der Waals surface area contributed by atoms with Gasteiger partial charge in [-0.15, -0.1) is 0 Å². The molecule has 0 atom stereocenters. The molecule has 0 saturated heterocycles. The number of rotatable bonds is 4. The lowest BCUT2D eigenvalue weighted by Gasteiger charge is -2.14. The summed E-state index contributed by atoms with van der Waals surface area (Å²) in [6.07, 6.45) is -2.89. The van der Waals surface area contributed by atoms with Crippen molar-refractivity contribution in [1.82, 2.24) is 9.78 Å². The summed E-state index contributed by atoms with van der Waals surface area (Å²) in [5.74, 6) is 0. The summed E-state index contributed by atoms with van der Waals surface area (Å²) in [6.45, 7) is 0.361. The highest BCUT2D eigenvalue weighted by atomic mass is 32.1. The summed E-state index contributed by atoms with van der Waals surface area (Å²) in [4.78, 5) is -0.277. The minimum absolute atomic E-state index is 0.177. The van der Waals surface area contributed by atoms with E-state index < -0.39 is 11.7 Å². The van der Waals surface area contributed by atoms with Gasteiger partial charge < -0.3 is 11.1 Å². The van der Waals surface area contributed by atoms with Gasteiger partial charge in [-0.1, -0.05) is 12.2 Å². The van der Waals surface area contributed by atoms with Gasteiger partial charge in [0.25, 0.3) is 0 Å². The summed E-state index contributed by atoms with van der Waals surface area (Å²) in [5, 5.41) is 6.91. The van der Waals surface area contributed by atoms with Gasteiger partial charge >= 0.3 is 6.18 Å². The van der Waals surface area contributed by atoms with Crippen molar-refractivity contribution in [1.29, 1.82) is 0 Å². The van der Waals surface area contributed by atoms with E-state index in [1.54, 1.807) is 24.0 Å². The molecule has 1 aromatic carbocycles. The molecule has 0 aliphatic heterocycles. The first-order valence-electron chi connectivity index (χ1n) is 6.01. The zero-order valence-electron chi connectivity index (χ0n) is 11.1. The summed E-state index contributed by atoms with van der Waals surface area (Å²) in [6, 6.07) is 5.57. The van der Waals surface area contributed by atoms with Gasteiger partial charge in [0.05, 0.1) is 17.8 Å². The highest BCUT2D eigenvalue weighted by Crippen LogP contribution is 2.33. The van der Waals surface area contributed by atoms with Crippen LogP contribution in [0, 0.1) is 0 Å². The fourth-order valence-electron chi connectivity index (χ4n) is 1.87. The van der Waals surface area contributed by atoms with E-state index in [4.69, 9.17) is 5.73 Å². The Morgan fingerprint density at radius 2 is 2.10 bits per heavy atom. The molecule has 0 saturated carbocycles. The number of alkyl halides is 3. The van der Waals surface area contributed by atoms with Crippen molar-refractivity contribution in [3.05, 3.63) is 47.3 Å². The Bertz CT molecular complexity index is 664. The van der Waals surface area contributed by atoms with Crippen LogP contribution >= 0.6 is 12.2 Å². The lowest BCUT2D eigenvalue weighted by molar-refractivity contribution is -0.137. The quantitative estimate of drug-likeness (QED) is 0.852. The van der Waals surface area contributed by atoms with Crippen molar-refractivity contribution in [3.8, 4) is 0 Å². The Labute approximate surface area is 124 Å². The predicted octanol–water partition coefficient (Wildman–Crippen LogP) is 2.69. The maximum atomic E-state index is 13.0. The first-order chi connectivity index (χ1) is 9.79. The van der Waals surface area contributed by atoms with Gasteiger partial charge in [-0.25, -0.2) is 0 Å². The number of benzene rings is 1. The second-order valence-electron chi connectivity index (χ2n) is 4.42. The van der Waals surface area contributed by atoms with E-state index in [1.807, 2.05) is 0 Å². The number of aromatic nitrogens is 2. The van der Waals surface area contributed by atoms with E-state index in [0.29, 0.717) is 12.2 Å². The van der Waals surface area contributed by atoms with Gasteiger partial charge in [-0.2, -0.15) is 18.3 Å². The van der Waals surface area contributed by atoms with Crippen LogP contribution in [0.4, 0.5) is 18.9 Å². The minimum atomic E-state index is -4.51. The molecule has 3 N–H and O–H groups in total. The third-order valence-electron chi connectivity index (χ3n) is 2.99. The van der Waals surface area contributed by atoms with Gasteiger partial charge in [-0.3, -0.25) is 4.68 Å². The molecule has 0 aliphatic carbocycles. The lowest BCUT2D eigenvalue weighted by atomic mass is 10.1. The van der Waals surface area contributed by atoms with E-state index in [2.05, 4.69) is 22.6 Å². The summed E-state index contributed by atoms with van der Waals surface area (Å²) in [5.41, 5.74) is 5.50. The Hall–Kier alpha value is -2.09. The molecular weight excluding hydrogens is 301 g/mol. The number of nitrogens with two attached hydrogens (primary N) is 1. The molecule has 0 spiro atoms. The number of nitrogens with one attached hydrogen (secondary N) is 1. The molecule has 21 heavy (non-hydrogen) atoms. The van der Waals surface area contributed by atoms with Gasteiger partial charge in [-0.05, 0) is 24.3 Å². The summed E-state index contributed by atoms with van der Waals surface area (Å²) < 4.78 is 40.7. The molecular formula is C13H13F3N4S. The highest BCUT2D eigenvalue weighted by molar-refractivity contribution is 7.80. The molecule has 2 aromatic rings. The fraction of sp³-hybridized carbons (Fsp3) is 0.231. The zero-order chi connectivity index (χ0) is 15.6. The number of hydrogen-bond acceptors (Lipinski definition) is 3. The van der Waals surface area contributed by atoms with Gasteiger partial charge in [0.1, 0.15) is 4.99 Å². The standard InChI is InChI=1S/C13H13F3N4S/c1-20-9(4-5-19-20)7-18-8-2-3-10(12(17)21)11(6-8)13(14,15)16/h2-6,18H,7H2,1H3,(H2,17,21). The van der Waals surface area contributed by atoms with Gasteiger partial charge in [0.15, 0.2) is 0 Å². The lowest BCUT2D eigenvalue weighted by Crippen LogP contribution is -2.18. The Morgan fingerprint density at radius 3 is 2.62 bits per heavy atom. The van der Waals surface area contributed by atoms with Crippen LogP contribution in [0.1, 0.15) is 16.8 Å². The van der Waals surface area contributed by atoms with Gasteiger partial charge in [0.2, 0.25) is 0 Å². The van der Waals surface area contributed by atoms with Crippen molar-refractivity contribution in [3.63, 3.8) is 0 Å². The van der Waals surface area contributed by atoms with Crippen LogP contribution in [0.2, 0.25) is 0 Å². The summed E-state index contributed by atoms with van der Waals surface area (Å²) >= 11 is 4.65. The number of aryl methyl sites for hydroxylation is 1. The molecule has 0 radical (unpaired) electrons. The van der Waals surface area contributed by atoms with Crippen molar-refractivity contribution >= 4 is 22.9 Å². The highest BCUT2D eigenvalue weighted by Gasteiger charge is 2.34. The first kappa shape index (κ1) is 15.3. The van der Waals surface area contributed by atoms with E-state index in [1.165, 1.54) is 12.1 Å². The van der Waals surface area contributed by atoms with E-state index in [-0.39, 0.29) is 10.6 Å². The van der Waals surface area contributed by atoms with Gasteiger partial charge in [0, 0.05) is 24.5 Å². The Kier molecular flexibility index (Phi) is 4.17. The second kappa shape index (κ2) is 5.72. The van der Waals surface area contributed by atoms with Crippen molar-refractivity contribution < 1.29 is 13.2 Å². The largest absolute Gasteiger partial charge is 0.417 e. The molecule has 4 nitrogen and oxygen atoms in total. The van der Waals surface area contributed by atoms with Crippen LogP contribution in [-0.4, -0.2) is 14.8 Å². The first-order valence-corrected chi connectivity index (χ1v) is 6.41. The maximum absolute atomic E-state index is 13.0. The van der Waals surface area contributed by atoms with Crippen LogP contribution in [0.15, 0.2) is 30.5 Å². The van der Waals surface area contributed by atoms with Crippen LogP contribution in [0.25, 0.3) is 0 Å². The third kappa shape index (κ3) is 3.52. The topological polar surface area (TPSA) is 55.9 Å². The zero-order valence-corrected chi connectivity index (χ0v) is 11.9. The number of nitrogens with zero attached hydrogens (tertiary/aromatic N) is 2. The normalized spacial score (nSPS) is 11.4. The number of halogens is 3. The third-order valence-corrected chi connectivity index (χ3v) is 3.21. The molecule has 0 fully saturated rings. The minimum Gasteiger partial charge on any atom is -0.389 e. The average molecular weight is 314 g/mol. The average Bonchev–Trinajstić information content (AvgIpc) is 2.80. The molecule has 0 amide bonds. The van der Waals surface area contributed by atoms with E-state index in [9.17, 15) is 13.2 Å². The Morgan fingerprint density at radius 1 is 1.38 bits per heavy atom. The van der Waals surface area contributed by atoms with Crippen LogP contribution in [-0.2, 0) is 19.8 Å². The molecule has 2 rings (SSSR count). The maximum Gasteiger partial charge on any atom is 0.417 e. The van der Waals surface area contributed by atoms with Crippen molar-refractivity contribution in [2.24, 2.45) is 12.8 Å². The number of hydrogen-bond donors (Lipinski definition) is 2. The molecule has 112 valence electrons. The number of anilines is 1. The predicted molar refractivity (Wildman–Crippen MR) is 77.9 cm³/mol. The monoisotopic (exact) mass is 314 g/mol. The smallest absolute Gasteiger partial charge is 0.389 e. The van der Waals surface area contributed by atoms with E-state index >= 15 is 0 Å². The SMILES string of the molecule is Cn1nccc1CNc1ccc(C(N)=S)c(C(F)(F)F)c1. The molecule has 0 unspecified atom stereocenters. The van der Waals surface area contributed by atoms with Crippen LogP contribution < -0.4 is 11.1 Å². The molecule has 1 aromatic heterocycles. The number of thiocarbonyl (C=S) groups is 1. The van der Waals surface area contributed by atoms with Crippen molar-refractivity contribution in [2.75, 3.05) is 5.32 Å². The van der Waals surface area contributed by atoms with Crippen LogP contribution in [0.5, 0.6) is 0 Å². The summed E-state index contributed by atoms with van der Waals surface area (Å²) in [7, 11) is 1.76. The van der Waals surface area contributed by atoms with E-state index in [0.717, 1.165) is 11.8 Å². The van der Waals surface area contributed by atoms with Crippen LogP contribution in [0.3, 0.4) is 0 Å². The molecule has 0 aliphatic rings. The molecule has 8 heteroatoms. The van der Waals surface area contributed by atoms with Crippen molar-refractivity contribution in [2.45, 2.75) is 12.7 Å². The molecule has 0 bridgehead atoms. The molecule has 1 heterocycles. The fourth-order valence-corrected chi connectivity index (χ4v) is 2.05. The Balaban J connectivity index is 2.26.